The highest BCUT2D eigenvalue weighted by Gasteiger charge is 2.07. The Morgan fingerprint density at radius 1 is 1.35 bits per heavy atom. The van der Waals surface area contributed by atoms with E-state index in [9.17, 15) is 4.79 Å². The summed E-state index contributed by atoms with van der Waals surface area (Å²) in [7, 11) is 0. The summed E-state index contributed by atoms with van der Waals surface area (Å²) in [5, 5.41) is 2.83. The van der Waals surface area contributed by atoms with E-state index in [-0.39, 0.29) is 5.91 Å². The number of amides is 1. The second-order valence-corrected chi connectivity index (χ2v) is 4.57. The number of carbonyl (C=O) groups excluding carboxylic acids is 1. The number of hydrogen-bond donors (Lipinski definition) is 1. The molecule has 0 unspecified atom stereocenters. The van der Waals surface area contributed by atoms with Crippen LogP contribution < -0.4 is 5.32 Å². The zero-order valence-electron chi connectivity index (χ0n) is 9.27. The van der Waals surface area contributed by atoms with Crippen molar-refractivity contribution in [1.82, 2.24) is 4.98 Å². The van der Waals surface area contributed by atoms with E-state index < -0.39 is 0 Å². The van der Waals surface area contributed by atoms with E-state index in [4.69, 9.17) is 0 Å². The van der Waals surface area contributed by atoms with Gasteiger partial charge in [0.05, 0.1) is 11.9 Å². The van der Waals surface area contributed by atoms with Gasteiger partial charge >= 0.3 is 0 Å². The normalized spacial score (nSPS) is 10.0. The van der Waals surface area contributed by atoms with Crippen molar-refractivity contribution < 1.29 is 4.79 Å². The second kappa shape index (κ2) is 5.10. The summed E-state index contributed by atoms with van der Waals surface area (Å²) >= 11 is 3.34. The second-order valence-electron chi connectivity index (χ2n) is 3.66. The predicted octanol–water partition coefficient (Wildman–Crippen LogP) is 3.40. The van der Waals surface area contributed by atoms with Gasteiger partial charge in [-0.3, -0.25) is 9.78 Å². The summed E-state index contributed by atoms with van der Waals surface area (Å²) in [6.45, 7) is 1.93. The van der Waals surface area contributed by atoms with Crippen LogP contribution in [0.1, 0.15) is 15.9 Å². The van der Waals surface area contributed by atoms with Crippen LogP contribution in [0.15, 0.2) is 47.2 Å². The molecule has 1 heterocycles. The van der Waals surface area contributed by atoms with E-state index in [1.165, 1.54) is 0 Å². The molecule has 17 heavy (non-hydrogen) atoms. The molecule has 3 nitrogen and oxygen atoms in total. The Hall–Kier alpha value is -1.68. The average Bonchev–Trinajstić information content (AvgIpc) is 2.32. The lowest BCUT2D eigenvalue weighted by Crippen LogP contribution is -2.12. The molecule has 1 aromatic carbocycles. The number of aryl methyl sites for hydroxylation is 1. The molecule has 0 aliphatic carbocycles. The van der Waals surface area contributed by atoms with Crippen LogP contribution >= 0.6 is 15.9 Å². The van der Waals surface area contributed by atoms with Gasteiger partial charge in [0.2, 0.25) is 0 Å². The summed E-state index contributed by atoms with van der Waals surface area (Å²) in [5.41, 5.74) is 2.34. The quantitative estimate of drug-likeness (QED) is 0.921. The third-order valence-corrected chi connectivity index (χ3v) is 2.87. The molecule has 0 spiro atoms. The van der Waals surface area contributed by atoms with E-state index in [0.717, 1.165) is 15.7 Å². The Morgan fingerprint density at radius 2 is 2.18 bits per heavy atom. The molecule has 4 heteroatoms. The number of nitrogens with zero attached hydrogens (tertiary/aromatic N) is 1. The molecule has 0 saturated carbocycles. The number of rotatable bonds is 2. The minimum Gasteiger partial charge on any atom is -0.320 e. The minimum absolute atomic E-state index is 0.137. The first-order chi connectivity index (χ1) is 8.16. The van der Waals surface area contributed by atoms with Gasteiger partial charge < -0.3 is 5.32 Å². The van der Waals surface area contributed by atoms with Crippen molar-refractivity contribution in [1.29, 1.82) is 0 Å². The van der Waals surface area contributed by atoms with Gasteiger partial charge in [0.1, 0.15) is 0 Å². The zero-order chi connectivity index (χ0) is 12.3. The van der Waals surface area contributed by atoms with Crippen molar-refractivity contribution in [3.05, 3.63) is 58.3 Å². The zero-order valence-corrected chi connectivity index (χ0v) is 10.9. The Morgan fingerprint density at radius 3 is 2.88 bits per heavy atom. The molecule has 1 aromatic heterocycles. The Balaban J connectivity index is 2.20. The SMILES string of the molecule is Cc1ccncc1NC(=O)c1cccc(Br)c1. The summed E-state index contributed by atoms with van der Waals surface area (Å²) in [5.74, 6) is -0.137. The van der Waals surface area contributed by atoms with Crippen molar-refractivity contribution in [3.8, 4) is 0 Å². The monoisotopic (exact) mass is 290 g/mol. The fraction of sp³-hybridized carbons (Fsp3) is 0.0769. The number of hydrogen-bond acceptors (Lipinski definition) is 2. The third kappa shape index (κ3) is 2.91. The minimum atomic E-state index is -0.137. The molecule has 0 saturated heterocycles. The lowest BCUT2D eigenvalue weighted by molar-refractivity contribution is 0.102. The van der Waals surface area contributed by atoms with Gasteiger partial charge in [0.15, 0.2) is 0 Å². The summed E-state index contributed by atoms with van der Waals surface area (Å²) < 4.78 is 0.882. The first-order valence-corrected chi connectivity index (χ1v) is 5.93. The van der Waals surface area contributed by atoms with Gasteiger partial charge in [0, 0.05) is 16.2 Å². The van der Waals surface area contributed by atoms with Crippen LogP contribution in [0.2, 0.25) is 0 Å². The molecule has 2 rings (SSSR count). The van der Waals surface area contributed by atoms with Gasteiger partial charge in [-0.05, 0) is 36.8 Å². The van der Waals surface area contributed by atoms with Crippen molar-refractivity contribution in [2.45, 2.75) is 6.92 Å². The van der Waals surface area contributed by atoms with Gasteiger partial charge in [-0.15, -0.1) is 0 Å². The number of halogens is 1. The van der Waals surface area contributed by atoms with Gasteiger partial charge in [-0.1, -0.05) is 22.0 Å². The van der Waals surface area contributed by atoms with Gasteiger partial charge in [-0.2, -0.15) is 0 Å². The van der Waals surface area contributed by atoms with Crippen LogP contribution in [-0.2, 0) is 0 Å². The van der Waals surface area contributed by atoms with E-state index in [2.05, 4.69) is 26.2 Å². The van der Waals surface area contributed by atoms with Crippen molar-refractivity contribution in [3.63, 3.8) is 0 Å². The number of anilines is 1. The Kier molecular flexibility index (Phi) is 3.54. The maximum Gasteiger partial charge on any atom is 0.255 e. The number of nitrogens with one attached hydrogen (secondary N) is 1. The van der Waals surface area contributed by atoms with Gasteiger partial charge in [0.25, 0.3) is 5.91 Å². The van der Waals surface area contributed by atoms with Crippen molar-refractivity contribution >= 4 is 27.5 Å². The highest BCUT2D eigenvalue weighted by Crippen LogP contribution is 2.15. The molecule has 0 fully saturated rings. The van der Waals surface area contributed by atoms with Crippen LogP contribution in [-0.4, -0.2) is 10.9 Å². The first-order valence-electron chi connectivity index (χ1n) is 5.14. The number of benzene rings is 1. The van der Waals surface area contributed by atoms with Gasteiger partial charge in [-0.25, -0.2) is 0 Å². The number of carbonyl (C=O) groups is 1. The molecule has 0 aliphatic rings. The Labute approximate surface area is 108 Å². The molecule has 86 valence electrons. The van der Waals surface area contributed by atoms with E-state index in [0.29, 0.717) is 5.56 Å². The van der Waals surface area contributed by atoms with Crippen molar-refractivity contribution in [2.75, 3.05) is 5.32 Å². The van der Waals surface area contributed by atoms with E-state index >= 15 is 0 Å². The molecular formula is C13H11BrN2O. The lowest BCUT2D eigenvalue weighted by atomic mass is 10.2. The standard InChI is InChI=1S/C13H11BrN2O/c1-9-5-6-15-8-12(9)16-13(17)10-3-2-4-11(14)7-10/h2-8H,1H3,(H,16,17). The summed E-state index contributed by atoms with van der Waals surface area (Å²) in [4.78, 5) is 15.9. The van der Waals surface area contributed by atoms with E-state index in [1.807, 2.05) is 25.1 Å². The fourth-order valence-electron chi connectivity index (χ4n) is 1.42. The smallest absolute Gasteiger partial charge is 0.255 e. The molecule has 1 N–H and O–H groups in total. The number of pyridine rings is 1. The molecule has 1 amide bonds. The predicted molar refractivity (Wildman–Crippen MR) is 71.1 cm³/mol. The van der Waals surface area contributed by atoms with E-state index in [1.54, 1.807) is 24.5 Å². The highest BCUT2D eigenvalue weighted by atomic mass is 79.9. The van der Waals surface area contributed by atoms with Crippen LogP contribution in [0.5, 0.6) is 0 Å². The fourth-order valence-corrected chi connectivity index (χ4v) is 1.82. The largest absolute Gasteiger partial charge is 0.320 e. The summed E-state index contributed by atoms with van der Waals surface area (Å²) in [6, 6.07) is 9.12. The van der Waals surface area contributed by atoms with Crippen LogP contribution in [0.4, 0.5) is 5.69 Å². The lowest BCUT2D eigenvalue weighted by Gasteiger charge is -2.07. The molecular weight excluding hydrogens is 280 g/mol. The van der Waals surface area contributed by atoms with Crippen molar-refractivity contribution in [2.24, 2.45) is 0 Å². The maximum atomic E-state index is 12.0. The molecule has 0 atom stereocenters. The molecule has 0 radical (unpaired) electrons. The first kappa shape index (κ1) is 11.8. The molecule has 2 aromatic rings. The number of aromatic nitrogens is 1. The van der Waals surface area contributed by atoms with Crippen LogP contribution in [0.25, 0.3) is 0 Å². The average molecular weight is 291 g/mol. The molecule has 0 aliphatic heterocycles. The third-order valence-electron chi connectivity index (χ3n) is 2.37. The van der Waals surface area contributed by atoms with Crippen LogP contribution in [0.3, 0.4) is 0 Å². The van der Waals surface area contributed by atoms with Crippen LogP contribution in [0, 0.1) is 6.92 Å². The Bertz CT molecular complexity index is 555. The maximum absolute atomic E-state index is 12.0. The molecule has 0 bridgehead atoms. The summed E-state index contributed by atoms with van der Waals surface area (Å²) in [6.07, 6.45) is 3.34. The highest BCUT2D eigenvalue weighted by molar-refractivity contribution is 9.10. The topological polar surface area (TPSA) is 42.0 Å².